The number of benzene rings is 9. The Bertz CT molecular complexity index is 3080. The largest absolute Gasteiger partial charge is 0.310 e. The molecule has 0 radical (unpaired) electrons. The molecule has 0 bridgehead atoms. The summed E-state index contributed by atoms with van der Waals surface area (Å²) in [5, 5.41) is 5.06. The number of nitrogens with zero attached hydrogens (tertiary/aromatic N) is 1. The molecule has 9 aromatic rings. The minimum absolute atomic E-state index is 0.350. The molecule has 0 spiro atoms. The molecule has 0 saturated carbocycles. The number of hydrogen-bond acceptors (Lipinski definition) is 1. The topological polar surface area (TPSA) is 3.24 Å². The van der Waals surface area contributed by atoms with Crippen LogP contribution in [0.5, 0.6) is 0 Å². The van der Waals surface area contributed by atoms with E-state index in [0.717, 1.165) is 17.1 Å². The zero-order valence-corrected chi connectivity index (χ0v) is 32.6. The number of fused-ring (bicyclic) bond motifs is 6. The molecule has 59 heavy (non-hydrogen) atoms. The van der Waals surface area contributed by atoms with Crippen molar-refractivity contribution in [3.8, 4) is 33.4 Å². The fourth-order valence-corrected chi connectivity index (χ4v) is 9.29. The summed E-state index contributed by atoms with van der Waals surface area (Å²) in [6.07, 6.45) is 11.5. The Morgan fingerprint density at radius 1 is 0.339 bits per heavy atom. The molecule has 0 fully saturated rings. The van der Waals surface area contributed by atoms with E-state index in [1.165, 1.54) is 77.2 Å². The molecule has 2 aliphatic rings. The molecule has 0 saturated heterocycles. The molecule has 1 nitrogen and oxygen atoms in total. The van der Waals surface area contributed by atoms with Crippen LogP contribution >= 0.6 is 0 Å². The van der Waals surface area contributed by atoms with E-state index in [1.807, 2.05) is 0 Å². The summed E-state index contributed by atoms with van der Waals surface area (Å²) >= 11 is 0. The molecule has 11 rings (SSSR count). The van der Waals surface area contributed by atoms with Crippen molar-refractivity contribution >= 4 is 44.2 Å². The predicted octanol–water partition coefficient (Wildman–Crippen LogP) is 15.7. The van der Waals surface area contributed by atoms with Crippen LogP contribution in [0.4, 0.5) is 17.1 Å². The predicted molar refractivity (Wildman–Crippen MR) is 250 cm³/mol. The van der Waals surface area contributed by atoms with E-state index in [-0.39, 0.29) is 0 Å². The molecule has 0 aromatic heterocycles. The Morgan fingerprint density at radius 3 is 1.64 bits per heavy atom. The first-order valence-corrected chi connectivity index (χ1v) is 20.6. The number of hydrogen-bond donors (Lipinski definition) is 0. The molecule has 2 aliphatic carbocycles. The maximum Gasteiger partial charge on any atom is 0.0467 e. The molecule has 278 valence electrons. The van der Waals surface area contributed by atoms with Gasteiger partial charge in [-0.05, 0) is 120 Å². The van der Waals surface area contributed by atoms with Gasteiger partial charge >= 0.3 is 0 Å². The molecule has 2 unspecified atom stereocenters. The van der Waals surface area contributed by atoms with Gasteiger partial charge in [-0.2, -0.15) is 0 Å². The summed E-state index contributed by atoms with van der Waals surface area (Å²) in [7, 11) is 0. The third-order valence-electron chi connectivity index (χ3n) is 12.2. The second-order valence-corrected chi connectivity index (χ2v) is 15.7. The summed E-state index contributed by atoms with van der Waals surface area (Å²) in [6.45, 7) is 0. The minimum atomic E-state index is 0.350. The van der Waals surface area contributed by atoms with Gasteiger partial charge in [-0.25, -0.2) is 0 Å². The van der Waals surface area contributed by atoms with Crippen molar-refractivity contribution in [2.75, 3.05) is 4.90 Å². The Balaban J connectivity index is 1.00. The summed E-state index contributed by atoms with van der Waals surface area (Å²) < 4.78 is 0. The standard InChI is InChI=1S/C58H41N/c1-2-13-40(14-3-1)41-25-27-42(28-26-41)43-29-33-48(34-30-43)59(49-35-31-44(32-36-49)57-38-46-15-4-6-19-51(46)53-21-8-10-23-55(53)57)50-18-12-17-45(37-50)58-39-47-16-5-7-20-52(47)54-22-9-11-24-56(54)58/h1-39,46,51H. The fraction of sp³-hybridized carbons (Fsp3) is 0.0345. The van der Waals surface area contributed by atoms with Crippen molar-refractivity contribution < 1.29 is 0 Å². The van der Waals surface area contributed by atoms with Crippen molar-refractivity contribution in [1.29, 1.82) is 0 Å². The fourth-order valence-electron chi connectivity index (χ4n) is 9.29. The Hall–Kier alpha value is -7.48. The first-order valence-electron chi connectivity index (χ1n) is 20.6. The molecule has 0 N–H and O–H groups in total. The van der Waals surface area contributed by atoms with Gasteiger partial charge in [-0.1, -0.05) is 194 Å². The average Bonchev–Trinajstić information content (AvgIpc) is 3.32. The van der Waals surface area contributed by atoms with Gasteiger partial charge in [-0.3, -0.25) is 0 Å². The molecular weight excluding hydrogens is 711 g/mol. The monoisotopic (exact) mass is 751 g/mol. The van der Waals surface area contributed by atoms with Crippen LogP contribution in [0.1, 0.15) is 22.6 Å². The Morgan fingerprint density at radius 2 is 0.898 bits per heavy atom. The molecular formula is C58H41N. The van der Waals surface area contributed by atoms with Crippen LogP contribution in [0.3, 0.4) is 0 Å². The van der Waals surface area contributed by atoms with Gasteiger partial charge in [0.1, 0.15) is 0 Å². The van der Waals surface area contributed by atoms with Crippen LogP contribution in [-0.4, -0.2) is 0 Å². The van der Waals surface area contributed by atoms with Crippen LogP contribution in [0.2, 0.25) is 0 Å². The van der Waals surface area contributed by atoms with E-state index in [9.17, 15) is 0 Å². The van der Waals surface area contributed by atoms with Crippen LogP contribution in [-0.2, 0) is 0 Å². The van der Waals surface area contributed by atoms with E-state index in [4.69, 9.17) is 0 Å². The maximum atomic E-state index is 2.46. The molecule has 1 heteroatoms. The highest BCUT2D eigenvalue weighted by molar-refractivity contribution is 6.14. The lowest BCUT2D eigenvalue weighted by Gasteiger charge is -2.31. The quantitative estimate of drug-likeness (QED) is 0.147. The average molecular weight is 752 g/mol. The van der Waals surface area contributed by atoms with Crippen LogP contribution in [0.25, 0.3) is 60.5 Å². The van der Waals surface area contributed by atoms with Gasteiger partial charge in [-0.15, -0.1) is 0 Å². The van der Waals surface area contributed by atoms with E-state index >= 15 is 0 Å². The van der Waals surface area contributed by atoms with Gasteiger partial charge in [0.25, 0.3) is 0 Å². The summed E-state index contributed by atoms with van der Waals surface area (Å²) in [6, 6.07) is 75.5. The van der Waals surface area contributed by atoms with Crippen molar-refractivity contribution in [3.05, 3.63) is 253 Å². The molecule has 0 heterocycles. The highest BCUT2D eigenvalue weighted by Gasteiger charge is 2.28. The highest BCUT2D eigenvalue weighted by Crippen LogP contribution is 2.45. The van der Waals surface area contributed by atoms with E-state index in [1.54, 1.807) is 0 Å². The van der Waals surface area contributed by atoms with Gasteiger partial charge in [0.15, 0.2) is 0 Å². The lowest BCUT2D eigenvalue weighted by atomic mass is 9.73. The first kappa shape index (κ1) is 34.7. The first-order chi connectivity index (χ1) is 29.2. The molecule has 0 aliphatic heterocycles. The Kier molecular flexibility index (Phi) is 8.71. The third-order valence-corrected chi connectivity index (χ3v) is 12.2. The van der Waals surface area contributed by atoms with Crippen molar-refractivity contribution in [3.63, 3.8) is 0 Å². The van der Waals surface area contributed by atoms with Crippen LogP contribution in [0.15, 0.2) is 237 Å². The number of rotatable bonds is 7. The summed E-state index contributed by atoms with van der Waals surface area (Å²) in [4.78, 5) is 2.40. The smallest absolute Gasteiger partial charge is 0.0467 e. The summed E-state index contributed by atoms with van der Waals surface area (Å²) in [5.41, 5.74) is 15.8. The second kappa shape index (κ2) is 14.8. The van der Waals surface area contributed by atoms with E-state index in [0.29, 0.717) is 11.8 Å². The van der Waals surface area contributed by atoms with E-state index < -0.39 is 0 Å². The van der Waals surface area contributed by atoms with E-state index in [2.05, 4.69) is 242 Å². The maximum absolute atomic E-state index is 2.46. The highest BCUT2D eigenvalue weighted by atomic mass is 15.1. The second-order valence-electron chi connectivity index (χ2n) is 15.7. The third kappa shape index (κ3) is 6.38. The normalized spacial score (nSPS) is 15.4. The van der Waals surface area contributed by atoms with Crippen molar-refractivity contribution in [2.45, 2.75) is 5.92 Å². The SMILES string of the molecule is C1=CC2C=C(c3ccc(N(c4ccc(-c5ccc(-c6ccccc6)cc5)cc4)c4cccc(-c5cc6ccccc6c6ccccc56)c4)cc3)c3ccccc3C2C=C1. The summed E-state index contributed by atoms with van der Waals surface area (Å²) in [5.74, 6) is 0.731. The van der Waals surface area contributed by atoms with Gasteiger partial charge in [0.2, 0.25) is 0 Å². The van der Waals surface area contributed by atoms with Gasteiger partial charge < -0.3 is 4.90 Å². The van der Waals surface area contributed by atoms with Crippen molar-refractivity contribution in [1.82, 2.24) is 0 Å². The Labute approximate surface area is 346 Å². The van der Waals surface area contributed by atoms with Gasteiger partial charge in [0.05, 0.1) is 0 Å². The van der Waals surface area contributed by atoms with Gasteiger partial charge in [0, 0.05) is 28.9 Å². The molecule has 2 atom stereocenters. The van der Waals surface area contributed by atoms with Crippen LogP contribution < -0.4 is 4.90 Å². The zero-order chi connectivity index (χ0) is 39.1. The lowest BCUT2D eigenvalue weighted by molar-refractivity contribution is 0.689. The molecule has 9 aromatic carbocycles. The lowest BCUT2D eigenvalue weighted by Crippen LogP contribution is -2.16. The van der Waals surface area contributed by atoms with Crippen LogP contribution in [0, 0.1) is 5.92 Å². The zero-order valence-electron chi connectivity index (χ0n) is 32.6. The molecule has 0 amide bonds. The number of anilines is 3. The van der Waals surface area contributed by atoms with Crippen molar-refractivity contribution in [2.24, 2.45) is 5.92 Å². The minimum Gasteiger partial charge on any atom is -0.310 e. The number of allylic oxidation sites excluding steroid dienone is 5.